The van der Waals surface area contributed by atoms with Crippen LogP contribution < -0.4 is 16.2 Å². The van der Waals surface area contributed by atoms with Gasteiger partial charge in [0, 0.05) is 24.7 Å². The standard InChI is InChI=1S/C26H26N4O4S/c1-35(33,34)21-13-11-20(12-14-21)19-9-7-18(8-10-19)17-24(31)27-15-4-16-28-25-22-5-2-3-6-23(22)26(32)30-29-25/h2-3,5-14H,4,15-17H2,1H3,(H,27,31)(H,28,29)(H,30,32). The maximum absolute atomic E-state index is 12.3. The first-order valence-electron chi connectivity index (χ1n) is 11.2. The van der Waals surface area contributed by atoms with Gasteiger partial charge in [-0.05, 0) is 41.3 Å². The SMILES string of the molecule is CS(=O)(=O)c1ccc(-c2ccc(CC(=O)NCCCNc3n[nH]c(=O)c4ccccc34)cc2)cc1. The highest BCUT2D eigenvalue weighted by Crippen LogP contribution is 2.22. The molecule has 4 rings (SSSR count). The second-order valence-corrected chi connectivity index (χ2v) is 10.3. The number of hydrogen-bond acceptors (Lipinski definition) is 6. The molecule has 0 unspecified atom stereocenters. The molecule has 0 aliphatic carbocycles. The number of carbonyl (C=O) groups is 1. The van der Waals surface area contributed by atoms with Crippen molar-refractivity contribution >= 4 is 32.3 Å². The number of sulfone groups is 1. The molecule has 1 heterocycles. The molecule has 4 aromatic rings. The van der Waals surface area contributed by atoms with Gasteiger partial charge in [0.05, 0.1) is 16.7 Å². The highest BCUT2D eigenvalue weighted by molar-refractivity contribution is 7.90. The van der Waals surface area contributed by atoms with Crippen LogP contribution in [0.1, 0.15) is 12.0 Å². The van der Waals surface area contributed by atoms with Crippen molar-refractivity contribution in [3.8, 4) is 11.1 Å². The number of nitrogens with one attached hydrogen (secondary N) is 3. The number of aromatic amines is 1. The minimum absolute atomic E-state index is 0.0668. The molecule has 0 spiro atoms. The van der Waals surface area contributed by atoms with E-state index in [2.05, 4.69) is 20.8 Å². The largest absolute Gasteiger partial charge is 0.368 e. The van der Waals surface area contributed by atoms with Crippen LogP contribution in [-0.4, -0.2) is 43.9 Å². The van der Waals surface area contributed by atoms with E-state index in [9.17, 15) is 18.0 Å². The molecule has 180 valence electrons. The summed E-state index contributed by atoms with van der Waals surface area (Å²) in [6.07, 6.45) is 2.15. The van der Waals surface area contributed by atoms with Crippen molar-refractivity contribution in [2.75, 3.05) is 24.7 Å². The molecule has 0 saturated heterocycles. The number of nitrogens with zero attached hydrogens (tertiary/aromatic N) is 1. The number of anilines is 1. The summed E-state index contributed by atoms with van der Waals surface area (Å²) >= 11 is 0. The Morgan fingerprint density at radius 3 is 2.17 bits per heavy atom. The Morgan fingerprint density at radius 1 is 0.886 bits per heavy atom. The topological polar surface area (TPSA) is 121 Å². The number of aromatic nitrogens is 2. The van der Waals surface area contributed by atoms with E-state index < -0.39 is 9.84 Å². The summed E-state index contributed by atoms with van der Waals surface area (Å²) in [5.74, 6) is 0.542. The Bertz CT molecular complexity index is 1500. The lowest BCUT2D eigenvalue weighted by molar-refractivity contribution is -0.120. The molecule has 0 fully saturated rings. The normalized spacial score (nSPS) is 11.3. The summed E-state index contributed by atoms with van der Waals surface area (Å²) in [5, 5.41) is 14.0. The van der Waals surface area contributed by atoms with Crippen LogP contribution in [-0.2, 0) is 21.1 Å². The molecule has 0 atom stereocenters. The van der Waals surface area contributed by atoms with Crippen LogP contribution in [0, 0.1) is 0 Å². The molecule has 9 heteroatoms. The number of amides is 1. The second kappa shape index (κ2) is 10.5. The molecular weight excluding hydrogens is 464 g/mol. The molecule has 0 radical (unpaired) electrons. The van der Waals surface area contributed by atoms with E-state index in [-0.39, 0.29) is 22.8 Å². The number of fused-ring (bicyclic) bond motifs is 1. The van der Waals surface area contributed by atoms with Crippen molar-refractivity contribution in [2.24, 2.45) is 0 Å². The number of H-pyrrole nitrogens is 1. The molecule has 1 amide bonds. The quantitative estimate of drug-likeness (QED) is 0.310. The van der Waals surface area contributed by atoms with E-state index in [0.29, 0.717) is 30.7 Å². The smallest absolute Gasteiger partial charge is 0.272 e. The molecule has 3 N–H and O–H groups in total. The fourth-order valence-corrected chi connectivity index (χ4v) is 4.36. The first kappa shape index (κ1) is 24.2. The lowest BCUT2D eigenvalue weighted by atomic mass is 10.0. The van der Waals surface area contributed by atoms with Crippen LogP contribution in [0.4, 0.5) is 5.82 Å². The molecular formula is C26H26N4O4S. The maximum atomic E-state index is 12.3. The molecule has 3 aromatic carbocycles. The van der Waals surface area contributed by atoms with E-state index in [0.717, 1.165) is 22.1 Å². The molecule has 35 heavy (non-hydrogen) atoms. The van der Waals surface area contributed by atoms with Gasteiger partial charge in [-0.25, -0.2) is 13.5 Å². The zero-order valence-corrected chi connectivity index (χ0v) is 20.1. The summed E-state index contributed by atoms with van der Waals surface area (Å²) in [6, 6.07) is 21.6. The Labute approximate surface area is 203 Å². The first-order valence-corrected chi connectivity index (χ1v) is 13.1. The van der Waals surface area contributed by atoms with Crippen molar-refractivity contribution in [1.82, 2.24) is 15.5 Å². The van der Waals surface area contributed by atoms with Crippen LogP contribution in [0.15, 0.2) is 82.5 Å². The summed E-state index contributed by atoms with van der Waals surface area (Å²) in [6.45, 7) is 1.11. The zero-order chi connectivity index (χ0) is 24.8. The van der Waals surface area contributed by atoms with Crippen molar-refractivity contribution in [3.63, 3.8) is 0 Å². The third-order valence-corrected chi connectivity index (χ3v) is 6.73. The Kier molecular flexibility index (Phi) is 7.26. The van der Waals surface area contributed by atoms with Crippen LogP contribution >= 0.6 is 0 Å². The number of hydrogen-bond donors (Lipinski definition) is 3. The van der Waals surface area contributed by atoms with Crippen LogP contribution in [0.2, 0.25) is 0 Å². The van der Waals surface area contributed by atoms with E-state index in [1.807, 2.05) is 42.5 Å². The molecule has 0 saturated carbocycles. The first-order chi connectivity index (χ1) is 16.8. The average molecular weight is 491 g/mol. The van der Waals surface area contributed by atoms with Gasteiger partial charge >= 0.3 is 0 Å². The van der Waals surface area contributed by atoms with Gasteiger partial charge in [-0.15, -0.1) is 0 Å². The minimum atomic E-state index is -3.22. The Hall–Kier alpha value is -3.98. The predicted octanol–water partition coefficient (Wildman–Crippen LogP) is 3.15. The summed E-state index contributed by atoms with van der Waals surface area (Å²) < 4.78 is 23.2. The maximum Gasteiger partial charge on any atom is 0.272 e. The van der Waals surface area contributed by atoms with Crippen LogP contribution in [0.5, 0.6) is 0 Å². The van der Waals surface area contributed by atoms with Gasteiger partial charge in [-0.3, -0.25) is 9.59 Å². The van der Waals surface area contributed by atoms with Gasteiger partial charge in [0.15, 0.2) is 15.7 Å². The van der Waals surface area contributed by atoms with Gasteiger partial charge in [0.25, 0.3) is 5.56 Å². The Balaban J connectivity index is 1.24. The third kappa shape index (κ3) is 6.13. The van der Waals surface area contributed by atoms with Crippen molar-refractivity contribution in [3.05, 3.63) is 88.7 Å². The fraction of sp³-hybridized carbons (Fsp3) is 0.192. The average Bonchev–Trinajstić information content (AvgIpc) is 2.85. The third-order valence-electron chi connectivity index (χ3n) is 5.60. The van der Waals surface area contributed by atoms with Crippen molar-refractivity contribution < 1.29 is 13.2 Å². The lowest BCUT2D eigenvalue weighted by Gasteiger charge is -2.09. The number of rotatable bonds is 9. The highest BCUT2D eigenvalue weighted by atomic mass is 32.2. The zero-order valence-electron chi connectivity index (χ0n) is 19.2. The van der Waals surface area contributed by atoms with Crippen LogP contribution in [0.25, 0.3) is 21.9 Å². The van der Waals surface area contributed by atoms with E-state index in [1.165, 1.54) is 6.26 Å². The lowest BCUT2D eigenvalue weighted by Crippen LogP contribution is -2.27. The summed E-state index contributed by atoms with van der Waals surface area (Å²) in [4.78, 5) is 24.4. The second-order valence-electron chi connectivity index (χ2n) is 8.25. The number of carbonyl (C=O) groups excluding carboxylic acids is 1. The fourth-order valence-electron chi connectivity index (χ4n) is 3.73. The number of benzene rings is 3. The molecule has 8 nitrogen and oxygen atoms in total. The summed E-state index contributed by atoms with van der Waals surface area (Å²) in [5.41, 5.74) is 2.52. The highest BCUT2D eigenvalue weighted by Gasteiger charge is 2.08. The molecule has 0 aliphatic heterocycles. The van der Waals surface area contributed by atoms with Crippen molar-refractivity contribution in [2.45, 2.75) is 17.7 Å². The van der Waals surface area contributed by atoms with Gasteiger partial charge in [-0.2, -0.15) is 5.10 Å². The van der Waals surface area contributed by atoms with E-state index in [4.69, 9.17) is 0 Å². The van der Waals surface area contributed by atoms with Crippen molar-refractivity contribution in [1.29, 1.82) is 0 Å². The Morgan fingerprint density at radius 2 is 1.51 bits per heavy atom. The van der Waals surface area contributed by atoms with Gasteiger partial charge in [0.2, 0.25) is 5.91 Å². The van der Waals surface area contributed by atoms with Gasteiger partial charge < -0.3 is 10.6 Å². The van der Waals surface area contributed by atoms with E-state index >= 15 is 0 Å². The van der Waals surface area contributed by atoms with E-state index in [1.54, 1.807) is 30.3 Å². The van der Waals surface area contributed by atoms with Gasteiger partial charge in [-0.1, -0.05) is 54.6 Å². The molecule has 0 bridgehead atoms. The van der Waals surface area contributed by atoms with Gasteiger partial charge in [0.1, 0.15) is 0 Å². The predicted molar refractivity (Wildman–Crippen MR) is 137 cm³/mol. The molecule has 0 aliphatic rings. The monoisotopic (exact) mass is 490 g/mol. The summed E-state index contributed by atoms with van der Waals surface area (Å²) in [7, 11) is -3.22. The molecule has 1 aromatic heterocycles. The minimum Gasteiger partial charge on any atom is -0.368 e. The van der Waals surface area contributed by atoms with Crippen LogP contribution in [0.3, 0.4) is 0 Å².